The van der Waals surface area contributed by atoms with Gasteiger partial charge in [0.25, 0.3) is 5.91 Å². The number of rotatable bonds is 6. The van der Waals surface area contributed by atoms with Crippen molar-refractivity contribution in [2.75, 3.05) is 18.4 Å². The van der Waals surface area contributed by atoms with Crippen molar-refractivity contribution in [1.82, 2.24) is 24.9 Å². The Morgan fingerprint density at radius 2 is 2.00 bits per heavy atom. The lowest BCUT2D eigenvalue weighted by molar-refractivity contribution is 0.0955. The lowest BCUT2D eigenvalue weighted by atomic mass is 10.2. The standard InChI is InChI=1S/C16H18N6O/c1-2-13-11-15(22-14(21-13)5-8-20-22)18-9-10-19-16(23)12-3-6-17-7-4-12/h3-8,11,18H,2,9-10H2,1H3,(H,19,23). The predicted octanol–water partition coefficient (Wildman–Crippen LogP) is 1.53. The van der Waals surface area contributed by atoms with Crippen molar-refractivity contribution in [3.05, 3.63) is 54.1 Å². The molecule has 0 fully saturated rings. The molecule has 2 N–H and O–H groups in total. The minimum absolute atomic E-state index is 0.109. The first-order chi connectivity index (χ1) is 11.3. The molecule has 0 unspecified atom stereocenters. The summed E-state index contributed by atoms with van der Waals surface area (Å²) in [5, 5.41) is 10.4. The number of amides is 1. The predicted molar refractivity (Wildman–Crippen MR) is 87.4 cm³/mol. The van der Waals surface area contributed by atoms with Crippen LogP contribution >= 0.6 is 0 Å². The molecule has 3 aromatic rings. The fourth-order valence-corrected chi connectivity index (χ4v) is 2.24. The fourth-order valence-electron chi connectivity index (χ4n) is 2.24. The number of aromatic nitrogens is 4. The zero-order valence-electron chi connectivity index (χ0n) is 12.9. The largest absolute Gasteiger partial charge is 0.368 e. The van der Waals surface area contributed by atoms with Gasteiger partial charge in [-0.05, 0) is 18.6 Å². The van der Waals surface area contributed by atoms with Crippen LogP contribution in [0.2, 0.25) is 0 Å². The molecular weight excluding hydrogens is 292 g/mol. The van der Waals surface area contributed by atoms with Gasteiger partial charge in [-0.2, -0.15) is 9.61 Å². The van der Waals surface area contributed by atoms with E-state index in [9.17, 15) is 4.79 Å². The molecule has 23 heavy (non-hydrogen) atoms. The molecule has 1 amide bonds. The molecule has 0 atom stereocenters. The summed E-state index contributed by atoms with van der Waals surface area (Å²) >= 11 is 0. The lowest BCUT2D eigenvalue weighted by Gasteiger charge is -2.10. The Labute approximate surface area is 133 Å². The van der Waals surface area contributed by atoms with Crippen LogP contribution in [0.4, 0.5) is 5.82 Å². The molecule has 0 bridgehead atoms. The fraction of sp³-hybridized carbons (Fsp3) is 0.250. The Bertz CT molecular complexity index is 799. The van der Waals surface area contributed by atoms with Gasteiger partial charge in [0, 0.05) is 48.9 Å². The highest BCUT2D eigenvalue weighted by atomic mass is 16.1. The van der Waals surface area contributed by atoms with Crippen molar-refractivity contribution in [3.8, 4) is 0 Å². The molecule has 0 radical (unpaired) electrons. The van der Waals surface area contributed by atoms with Crippen LogP contribution in [0.3, 0.4) is 0 Å². The highest BCUT2D eigenvalue weighted by Gasteiger charge is 2.06. The smallest absolute Gasteiger partial charge is 0.251 e. The molecule has 0 aliphatic heterocycles. The molecule has 0 aromatic carbocycles. The average molecular weight is 310 g/mol. The number of carbonyl (C=O) groups excluding carboxylic acids is 1. The lowest BCUT2D eigenvalue weighted by Crippen LogP contribution is -2.29. The van der Waals surface area contributed by atoms with E-state index in [1.165, 1.54) is 0 Å². The van der Waals surface area contributed by atoms with Crippen LogP contribution in [-0.2, 0) is 6.42 Å². The van der Waals surface area contributed by atoms with E-state index < -0.39 is 0 Å². The van der Waals surface area contributed by atoms with Gasteiger partial charge in [-0.1, -0.05) is 6.92 Å². The number of carbonyl (C=O) groups is 1. The summed E-state index contributed by atoms with van der Waals surface area (Å²) < 4.78 is 1.75. The van der Waals surface area contributed by atoms with Crippen LogP contribution in [0.1, 0.15) is 23.0 Å². The third-order valence-electron chi connectivity index (χ3n) is 3.43. The number of nitrogens with zero attached hydrogens (tertiary/aromatic N) is 4. The van der Waals surface area contributed by atoms with Crippen LogP contribution in [0.15, 0.2) is 42.9 Å². The van der Waals surface area contributed by atoms with Gasteiger partial charge in [-0.15, -0.1) is 0 Å². The molecule has 0 saturated heterocycles. The van der Waals surface area contributed by atoms with E-state index in [0.717, 1.165) is 23.6 Å². The van der Waals surface area contributed by atoms with Crippen LogP contribution in [0, 0.1) is 0 Å². The van der Waals surface area contributed by atoms with Crippen molar-refractivity contribution in [1.29, 1.82) is 0 Å². The summed E-state index contributed by atoms with van der Waals surface area (Å²) in [4.78, 5) is 20.3. The van der Waals surface area contributed by atoms with Gasteiger partial charge in [0.15, 0.2) is 5.65 Å². The number of aryl methyl sites for hydroxylation is 1. The number of fused-ring (bicyclic) bond motifs is 1. The topological polar surface area (TPSA) is 84.2 Å². The third-order valence-corrected chi connectivity index (χ3v) is 3.43. The molecule has 0 aliphatic carbocycles. The molecule has 0 spiro atoms. The van der Waals surface area contributed by atoms with E-state index in [1.807, 2.05) is 12.1 Å². The SMILES string of the molecule is CCc1cc(NCCNC(=O)c2ccncc2)n2nccc2n1. The van der Waals surface area contributed by atoms with Crippen LogP contribution in [-0.4, -0.2) is 38.6 Å². The van der Waals surface area contributed by atoms with Crippen LogP contribution in [0.5, 0.6) is 0 Å². The molecule has 3 rings (SSSR count). The van der Waals surface area contributed by atoms with Crippen LogP contribution < -0.4 is 10.6 Å². The molecule has 3 heterocycles. The molecule has 7 heteroatoms. The van der Waals surface area contributed by atoms with Gasteiger partial charge < -0.3 is 10.6 Å². The maximum absolute atomic E-state index is 11.9. The Morgan fingerprint density at radius 1 is 1.17 bits per heavy atom. The molecule has 3 aromatic heterocycles. The second kappa shape index (κ2) is 6.87. The van der Waals surface area contributed by atoms with Gasteiger partial charge in [-0.3, -0.25) is 9.78 Å². The minimum atomic E-state index is -0.109. The van der Waals surface area contributed by atoms with E-state index in [2.05, 4.69) is 32.6 Å². The van der Waals surface area contributed by atoms with Gasteiger partial charge in [-0.25, -0.2) is 4.98 Å². The summed E-state index contributed by atoms with van der Waals surface area (Å²) in [5.74, 6) is 0.762. The molecular formula is C16H18N6O. The Hall–Kier alpha value is -2.96. The van der Waals surface area contributed by atoms with Crippen LogP contribution in [0.25, 0.3) is 5.65 Å². The molecule has 0 aliphatic rings. The summed E-state index contributed by atoms with van der Waals surface area (Å²) in [5.41, 5.74) is 2.42. The number of hydrogen-bond acceptors (Lipinski definition) is 5. The Morgan fingerprint density at radius 3 is 2.78 bits per heavy atom. The zero-order valence-corrected chi connectivity index (χ0v) is 12.9. The highest BCUT2D eigenvalue weighted by molar-refractivity contribution is 5.93. The quantitative estimate of drug-likeness (QED) is 0.675. The van der Waals surface area contributed by atoms with Crippen molar-refractivity contribution >= 4 is 17.4 Å². The maximum atomic E-state index is 11.9. The van der Waals surface area contributed by atoms with Gasteiger partial charge in [0.05, 0.1) is 6.20 Å². The van der Waals surface area contributed by atoms with Crippen molar-refractivity contribution in [2.45, 2.75) is 13.3 Å². The molecule has 0 saturated carbocycles. The number of hydrogen-bond donors (Lipinski definition) is 2. The maximum Gasteiger partial charge on any atom is 0.251 e. The molecule has 7 nitrogen and oxygen atoms in total. The van der Waals surface area contributed by atoms with Gasteiger partial charge >= 0.3 is 0 Å². The normalized spacial score (nSPS) is 10.7. The summed E-state index contributed by atoms with van der Waals surface area (Å²) in [6, 6.07) is 7.22. The van der Waals surface area contributed by atoms with Crippen molar-refractivity contribution in [2.24, 2.45) is 0 Å². The highest BCUT2D eigenvalue weighted by Crippen LogP contribution is 2.12. The van der Waals surface area contributed by atoms with Crippen molar-refractivity contribution < 1.29 is 4.79 Å². The monoisotopic (exact) mass is 310 g/mol. The van der Waals surface area contributed by atoms with Gasteiger partial charge in [0.2, 0.25) is 0 Å². The van der Waals surface area contributed by atoms with E-state index >= 15 is 0 Å². The Balaban J connectivity index is 1.59. The van der Waals surface area contributed by atoms with Crippen molar-refractivity contribution in [3.63, 3.8) is 0 Å². The first-order valence-corrected chi connectivity index (χ1v) is 7.53. The summed E-state index contributed by atoms with van der Waals surface area (Å²) in [6.07, 6.45) is 5.78. The summed E-state index contributed by atoms with van der Waals surface area (Å²) in [7, 11) is 0. The second-order valence-electron chi connectivity index (χ2n) is 5.01. The third kappa shape index (κ3) is 3.45. The zero-order chi connectivity index (χ0) is 16.1. The molecule has 118 valence electrons. The van der Waals surface area contributed by atoms with E-state index in [-0.39, 0.29) is 5.91 Å². The average Bonchev–Trinajstić information content (AvgIpc) is 3.07. The Kier molecular flexibility index (Phi) is 4.46. The van der Waals surface area contributed by atoms with E-state index in [1.54, 1.807) is 35.2 Å². The van der Waals surface area contributed by atoms with E-state index in [0.29, 0.717) is 18.7 Å². The second-order valence-corrected chi connectivity index (χ2v) is 5.01. The van der Waals surface area contributed by atoms with E-state index in [4.69, 9.17) is 0 Å². The summed E-state index contributed by atoms with van der Waals surface area (Å²) in [6.45, 7) is 3.17. The van der Waals surface area contributed by atoms with Gasteiger partial charge in [0.1, 0.15) is 5.82 Å². The first-order valence-electron chi connectivity index (χ1n) is 7.53. The number of nitrogens with one attached hydrogen (secondary N) is 2. The minimum Gasteiger partial charge on any atom is -0.368 e. The number of anilines is 1. The number of pyridine rings is 1. The first kappa shape index (κ1) is 15.0.